The zero-order valence-corrected chi connectivity index (χ0v) is 15.9. The third-order valence-electron chi connectivity index (χ3n) is 5.60. The summed E-state index contributed by atoms with van der Waals surface area (Å²) in [7, 11) is 0. The van der Waals surface area contributed by atoms with Gasteiger partial charge in [-0.2, -0.15) is 0 Å². The zero-order valence-electron chi connectivity index (χ0n) is 15.9. The predicted molar refractivity (Wildman–Crippen MR) is 97.4 cm³/mol. The Balaban J connectivity index is 2.12. The molecule has 0 aromatic rings. The van der Waals surface area contributed by atoms with E-state index in [2.05, 4.69) is 39.5 Å². The largest absolute Gasteiger partial charge is 0.378 e. The predicted octanol–water partition coefficient (Wildman–Crippen LogP) is 5.51. The van der Waals surface area contributed by atoms with Crippen molar-refractivity contribution in [1.82, 2.24) is 4.90 Å². The van der Waals surface area contributed by atoms with Crippen LogP contribution in [0.4, 0.5) is 0 Å². The molecule has 22 heavy (non-hydrogen) atoms. The number of hydrogen-bond acceptors (Lipinski definition) is 2. The summed E-state index contributed by atoms with van der Waals surface area (Å²) in [5.74, 6) is 1.69. The standard InChI is InChI=1S/C20H41NO/c1-6-9-17(3)11-8-16-22-20-12-14-21(15-13-20)19(5)18(4)10-7-2/h17-20H,6-16H2,1-5H3/t17?,18?,19-/m0/s1. The second-order valence-corrected chi connectivity index (χ2v) is 7.65. The average Bonchev–Trinajstić information content (AvgIpc) is 2.52. The molecule has 1 heterocycles. The fourth-order valence-electron chi connectivity index (χ4n) is 3.83. The van der Waals surface area contributed by atoms with Gasteiger partial charge in [-0.25, -0.2) is 0 Å². The molecule has 132 valence electrons. The summed E-state index contributed by atoms with van der Waals surface area (Å²) in [6.07, 6.45) is 10.9. The lowest BCUT2D eigenvalue weighted by Gasteiger charge is -2.38. The maximum absolute atomic E-state index is 6.12. The molecular formula is C20H41NO. The molecule has 0 saturated carbocycles. The molecule has 0 aliphatic carbocycles. The van der Waals surface area contributed by atoms with Gasteiger partial charge in [0.2, 0.25) is 0 Å². The van der Waals surface area contributed by atoms with Crippen LogP contribution in [-0.2, 0) is 4.74 Å². The van der Waals surface area contributed by atoms with Crippen LogP contribution in [0.2, 0.25) is 0 Å². The lowest BCUT2D eigenvalue weighted by Crippen LogP contribution is -2.44. The highest BCUT2D eigenvalue weighted by Crippen LogP contribution is 2.22. The first kappa shape index (κ1) is 20.0. The van der Waals surface area contributed by atoms with E-state index in [-0.39, 0.29) is 0 Å². The SMILES string of the molecule is CCCC(C)CCCOC1CCN([C@@H](C)C(C)CCC)CC1. The Morgan fingerprint density at radius 3 is 2.18 bits per heavy atom. The summed E-state index contributed by atoms with van der Waals surface area (Å²) in [5, 5.41) is 0. The van der Waals surface area contributed by atoms with E-state index in [9.17, 15) is 0 Å². The Labute approximate surface area is 140 Å². The number of ether oxygens (including phenoxy) is 1. The highest BCUT2D eigenvalue weighted by atomic mass is 16.5. The second-order valence-electron chi connectivity index (χ2n) is 7.65. The molecule has 1 aliphatic rings. The monoisotopic (exact) mass is 311 g/mol. The summed E-state index contributed by atoms with van der Waals surface area (Å²) >= 11 is 0. The van der Waals surface area contributed by atoms with Gasteiger partial charge in [0.25, 0.3) is 0 Å². The molecule has 2 nitrogen and oxygen atoms in total. The van der Waals surface area contributed by atoms with Gasteiger partial charge >= 0.3 is 0 Å². The van der Waals surface area contributed by atoms with E-state index in [1.807, 2.05) is 0 Å². The van der Waals surface area contributed by atoms with Crippen LogP contribution < -0.4 is 0 Å². The van der Waals surface area contributed by atoms with Crippen LogP contribution in [0.15, 0.2) is 0 Å². The van der Waals surface area contributed by atoms with Crippen LogP contribution in [-0.4, -0.2) is 36.7 Å². The Kier molecular flexibility index (Phi) is 10.4. The molecule has 2 heteroatoms. The molecule has 1 fully saturated rings. The molecule has 0 aromatic carbocycles. The van der Waals surface area contributed by atoms with Gasteiger partial charge in [-0.15, -0.1) is 0 Å². The number of rotatable bonds is 11. The molecule has 1 saturated heterocycles. The molecule has 1 aliphatic heterocycles. The van der Waals surface area contributed by atoms with Crippen LogP contribution in [0.1, 0.15) is 86.0 Å². The summed E-state index contributed by atoms with van der Waals surface area (Å²) in [6, 6.07) is 0.732. The van der Waals surface area contributed by atoms with Gasteiger partial charge in [-0.05, 0) is 50.9 Å². The maximum atomic E-state index is 6.12. The Morgan fingerprint density at radius 1 is 0.955 bits per heavy atom. The van der Waals surface area contributed by atoms with Gasteiger partial charge in [0.15, 0.2) is 0 Å². The van der Waals surface area contributed by atoms with Crippen molar-refractivity contribution >= 4 is 0 Å². The van der Waals surface area contributed by atoms with Crippen molar-refractivity contribution in [3.8, 4) is 0 Å². The summed E-state index contributed by atoms with van der Waals surface area (Å²) in [4.78, 5) is 2.68. The van der Waals surface area contributed by atoms with E-state index in [0.717, 1.165) is 24.5 Å². The molecular weight excluding hydrogens is 270 g/mol. The molecule has 2 unspecified atom stereocenters. The van der Waals surface area contributed by atoms with Crippen LogP contribution in [0.25, 0.3) is 0 Å². The van der Waals surface area contributed by atoms with E-state index in [1.54, 1.807) is 0 Å². The molecule has 3 atom stereocenters. The lowest BCUT2D eigenvalue weighted by atomic mass is 9.94. The highest BCUT2D eigenvalue weighted by Gasteiger charge is 2.25. The number of likely N-dealkylation sites (tertiary alicyclic amines) is 1. The Hall–Kier alpha value is -0.0800. The Morgan fingerprint density at radius 2 is 1.59 bits per heavy atom. The van der Waals surface area contributed by atoms with Crippen molar-refractivity contribution in [2.24, 2.45) is 11.8 Å². The first-order valence-electron chi connectivity index (χ1n) is 9.94. The zero-order chi connectivity index (χ0) is 16.4. The van der Waals surface area contributed by atoms with Gasteiger partial charge in [0.05, 0.1) is 6.10 Å². The third kappa shape index (κ3) is 7.46. The normalized spacial score (nSPS) is 21.7. The van der Waals surface area contributed by atoms with Crippen molar-refractivity contribution in [3.63, 3.8) is 0 Å². The van der Waals surface area contributed by atoms with Gasteiger partial charge in [-0.1, -0.05) is 47.0 Å². The minimum absolute atomic E-state index is 0.520. The van der Waals surface area contributed by atoms with E-state index in [0.29, 0.717) is 6.10 Å². The number of hydrogen-bond donors (Lipinski definition) is 0. The topological polar surface area (TPSA) is 12.5 Å². The first-order valence-corrected chi connectivity index (χ1v) is 9.94. The minimum atomic E-state index is 0.520. The number of nitrogens with zero attached hydrogens (tertiary/aromatic N) is 1. The van der Waals surface area contributed by atoms with E-state index in [4.69, 9.17) is 4.74 Å². The van der Waals surface area contributed by atoms with Gasteiger partial charge in [0.1, 0.15) is 0 Å². The third-order valence-corrected chi connectivity index (χ3v) is 5.60. The van der Waals surface area contributed by atoms with Crippen LogP contribution in [0, 0.1) is 11.8 Å². The summed E-state index contributed by atoms with van der Waals surface area (Å²) in [6.45, 7) is 15.2. The van der Waals surface area contributed by atoms with Crippen molar-refractivity contribution in [3.05, 3.63) is 0 Å². The second kappa shape index (κ2) is 11.5. The van der Waals surface area contributed by atoms with Crippen LogP contribution >= 0.6 is 0 Å². The van der Waals surface area contributed by atoms with Crippen LogP contribution in [0.3, 0.4) is 0 Å². The molecule has 0 aromatic heterocycles. The van der Waals surface area contributed by atoms with Crippen molar-refractivity contribution < 1.29 is 4.74 Å². The van der Waals surface area contributed by atoms with Gasteiger partial charge < -0.3 is 9.64 Å². The molecule has 1 rings (SSSR count). The lowest BCUT2D eigenvalue weighted by molar-refractivity contribution is -0.00814. The first-order chi connectivity index (χ1) is 10.6. The Bertz CT molecular complexity index is 260. The quantitative estimate of drug-likeness (QED) is 0.467. The van der Waals surface area contributed by atoms with Gasteiger partial charge in [0, 0.05) is 25.7 Å². The van der Waals surface area contributed by atoms with Crippen molar-refractivity contribution in [2.45, 2.75) is 98.1 Å². The maximum Gasteiger partial charge on any atom is 0.0599 e. The van der Waals surface area contributed by atoms with E-state index in [1.165, 1.54) is 64.5 Å². The number of piperidine rings is 1. The minimum Gasteiger partial charge on any atom is -0.378 e. The fraction of sp³-hybridized carbons (Fsp3) is 1.00. The van der Waals surface area contributed by atoms with E-state index < -0.39 is 0 Å². The van der Waals surface area contributed by atoms with Gasteiger partial charge in [-0.3, -0.25) is 0 Å². The van der Waals surface area contributed by atoms with E-state index >= 15 is 0 Å². The molecule has 0 N–H and O–H groups in total. The smallest absolute Gasteiger partial charge is 0.0599 e. The van der Waals surface area contributed by atoms with Crippen molar-refractivity contribution in [2.75, 3.05) is 19.7 Å². The molecule has 0 radical (unpaired) electrons. The fourth-order valence-corrected chi connectivity index (χ4v) is 3.83. The highest BCUT2D eigenvalue weighted by molar-refractivity contribution is 4.79. The summed E-state index contributed by atoms with van der Waals surface area (Å²) in [5.41, 5.74) is 0. The average molecular weight is 312 g/mol. The molecule has 0 bridgehead atoms. The molecule has 0 spiro atoms. The van der Waals surface area contributed by atoms with Crippen molar-refractivity contribution in [1.29, 1.82) is 0 Å². The molecule has 0 amide bonds. The van der Waals surface area contributed by atoms with Crippen LogP contribution in [0.5, 0.6) is 0 Å². The summed E-state index contributed by atoms with van der Waals surface area (Å²) < 4.78 is 6.12.